The number of benzene rings is 1. The molecule has 0 amide bonds. The zero-order valence-electron chi connectivity index (χ0n) is 10.5. The first-order valence-electron chi connectivity index (χ1n) is 6.24. The third-order valence-electron chi connectivity index (χ3n) is 3.49. The molecule has 2 rings (SSSR count). The van der Waals surface area contributed by atoms with Gasteiger partial charge in [0, 0.05) is 12.5 Å². The van der Waals surface area contributed by atoms with Gasteiger partial charge in [0.25, 0.3) is 0 Å². The Morgan fingerprint density at radius 1 is 1.37 bits per heavy atom. The first kappa shape index (κ1) is 14.1. The smallest absolute Gasteiger partial charge is 0.160 e. The molecular formula is C13H18O5S. The van der Waals surface area contributed by atoms with Crippen molar-refractivity contribution in [3.8, 4) is 11.5 Å². The van der Waals surface area contributed by atoms with Crippen LogP contribution in [0.5, 0.6) is 11.5 Å². The second-order valence-electron chi connectivity index (χ2n) is 4.88. The summed E-state index contributed by atoms with van der Waals surface area (Å²) in [6.07, 6.45) is 0.567. The SMILES string of the molecule is O=S1(=O)CCC(C(CO)COc2ccccc2O)C1. The summed E-state index contributed by atoms with van der Waals surface area (Å²) in [5.74, 6) is 0.394. The Morgan fingerprint density at radius 2 is 2.11 bits per heavy atom. The molecule has 1 aromatic carbocycles. The highest BCUT2D eigenvalue weighted by atomic mass is 32.2. The van der Waals surface area contributed by atoms with Crippen molar-refractivity contribution in [3.63, 3.8) is 0 Å². The van der Waals surface area contributed by atoms with Crippen LogP contribution in [-0.2, 0) is 9.84 Å². The molecule has 1 aliphatic rings. The monoisotopic (exact) mass is 286 g/mol. The van der Waals surface area contributed by atoms with E-state index in [0.717, 1.165) is 0 Å². The molecule has 0 aliphatic carbocycles. The van der Waals surface area contributed by atoms with Crippen molar-refractivity contribution >= 4 is 9.84 Å². The lowest BCUT2D eigenvalue weighted by Gasteiger charge is -2.20. The normalized spacial score (nSPS) is 23.1. The van der Waals surface area contributed by atoms with E-state index in [1.807, 2.05) is 0 Å². The predicted molar refractivity (Wildman–Crippen MR) is 70.9 cm³/mol. The molecule has 106 valence electrons. The van der Waals surface area contributed by atoms with Gasteiger partial charge in [0.05, 0.1) is 18.1 Å². The number of hydrogen-bond acceptors (Lipinski definition) is 5. The molecule has 0 aromatic heterocycles. The van der Waals surface area contributed by atoms with Crippen molar-refractivity contribution in [2.24, 2.45) is 11.8 Å². The first-order valence-corrected chi connectivity index (χ1v) is 8.06. The van der Waals surface area contributed by atoms with Gasteiger partial charge in [-0.25, -0.2) is 8.42 Å². The highest BCUT2D eigenvalue weighted by Gasteiger charge is 2.33. The maximum Gasteiger partial charge on any atom is 0.160 e. The molecule has 19 heavy (non-hydrogen) atoms. The Kier molecular flexibility index (Phi) is 4.31. The Hall–Kier alpha value is -1.27. The van der Waals surface area contributed by atoms with Gasteiger partial charge in [0.1, 0.15) is 0 Å². The fraction of sp³-hybridized carbons (Fsp3) is 0.538. The Morgan fingerprint density at radius 3 is 2.68 bits per heavy atom. The van der Waals surface area contributed by atoms with Crippen molar-refractivity contribution in [2.45, 2.75) is 6.42 Å². The Labute approximate surface area is 112 Å². The van der Waals surface area contributed by atoms with E-state index in [9.17, 15) is 18.6 Å². The summed E-state index contributed by atoms with van der Waals surface area (Å²) in [6, 6.07) is 6.58. The minimum atomic E-state index is -2.96. The summed E-state index contributed by atoms with van der Waals surface area (Å²) in [5, 5.41) is 18.9. The van der Waals surface area contributed by atoms with Crippen LogP contribution in [0.1, 0.15) is 6.42 Å². The van der Waals surface area contributed by atoms with E-state index in [-0.39, 0.29) is 42.3 Å². The molecule has 0 bridgehead atoms. The van der Waals surface area contributed by atoms with Gasteiger partial charge in [0.2, 0.25) is 0 Å². The third kappa shape index (κ3) is 3.61. The summed E-state index contributed by atoms with van der Waals surface area (Å²) in [6.45, 7) is 0.0854. The molecule has 0 radical (unpaired) electrons. The quantitative estimate of drug-likeness (QED) is 0.837. The average Bonchev–Trinajstić information content (AvgIpc) is 2.73. The maximum atomic E-state index is 11.4. The summed E-state index contributed by atoms with van der Waals surface area (Å²) in [5.41, 5.74) is 0. The van der Waals surface area contributed by atoms with E-state index in [4.69, 9.17) is 4.74 Å². The number of hydrogen-bond donors (Lipinski definition) is 2. The summed E-state index contributed by atoms with van der Waals surface area (Å²) < 4.78 is 28.3. The van der Waals surface area contributed by atoms with E-state index in [1.165, 1.54) is 6.07 Å². The molecule has 1 aromatic rings. The lowest BCUT2D eigenvalue weighted by Crippen LogP contribution is -2.26. The number of rotatable bonds is 5. The number of aromatic hydroxyl groups is 1. The van der Waals surface area contributed by atoms with E-state index < -0.39 is 9.84 Å². The van der Waals surface area contributed by atoms with Crippen molar-refractivity contribution < 1.29 is 23.4 Å². The van der Waals surface area contributed by atoms with Crippen LogP contribution in [0, 0.1) is 11.8 Å². The van der Waals surface area contributed by atoms with Gasteiger partial charge >= 0.3 is 0 Å². The molecule has 1 saturated heterocycles. The molecule has 0 spiro atoms. The average molecular weight is 286 g/mol. The van der Waals surface area contributed by atoms with Crippen LogP contribution in [-0.4, -0.2) is 43.4 Å². The minimum absolute atomic E-state index is 0.0400. The van der Waals surface area contributed by atoms with Crippen LogP contribution in [0.2, 0.25) is 0 Å². The zero-order valence-corrected chi connectivity index (χ0v) is 11.3. The van der Waals surface area contributed by atoms with Crippen LogP contribution in [0.4, 0.5) is 0 Å². The Balaban J connectivity index is 1.95. The fourth-order valence-electron chi connectivity index (χ4n) is 2.31. The molecule has 0 saturated carbocycles. The van der Waals surface area contributed by atoms with E-state index in [2.05, 4.69) is 0 Å². The van der Waals surface area contributed by atoms with Crippen LogP contribution in [0.3, 0.4) is 0 Å². The number of para-hydroxylation sites is 2. The summed E-state index contributed by atoms with van der Waals surface area (Å²) >= 11 is 0. The van der Waals surface area contributed by atoms with Gasteiger partial charge < -0.3 is 14.9 Å². The molecule has 2 unspecified atom stereocenters. The van der Waals surface area contributed by atoms with E-state index in [0.29, 0.717) is 12.2 Å². The molecule has 6 heteroatoms. The van der Waals surface area contributed by atoms with Crippen LogP contribution < -0.4 is 4.74 Å². The minimum Gasteiger partial charge on any atom is -0.504 e. The number of phenolic OH excluding ortho intramolecular Hbond substituents is 1. The Bertz CT molecular complexity index is 526. The lowest BCUT2D eigenvalue weighted by molar-refractivity contribution is 0.124. The standard InChI is InChI=1S/C13H18O5S/c14-7-11(10-5-6-19(16,17)9-10)8-18-13-4-2-1-3-12(13)15/h1-4,10-11,14-15H,5-9H2. The summed E-state index contributed by atoms with van der Waals surface area (Å²) in [4.78, 5) is 0. The molecule has 1 heterocycles. The number of ether oxygens (including phenoxy) is 1. The van der Waals surface area contributed by atoms with Gasteiger partial charge in [-0.05, 0) is 24.5 Å². The zero-order chi connectivity index (χ0) is 13.9. The largest absolute Gasteiger partial charge is 0.504 e. The molecule has 5 nitrogen and oxygen atoms in total. The highest BCUT2D eigenvalue weighted by molar-refractivity contribution is 7.91. The molecular weight excluding hydrogens is 268 g/mol. The predicted octanol–water partition coefficient (Wildman–Crippen LogP) is 0.814. The molecule has 2 atom stereocenters. The highest BCUT2D eigenvalue weighted by Crippen LogP contribution is 2.29. The van der Waals surface area contributed by atoms with E-state index >= 15 is 0 Å². The maximum absolute atomic E-state index is 11.4. The van der Waals surface area contributed by atoms with Crippen LogP contribution in [0.25, 0.3) is 0 Å². The van der Waals surface area contributed by atoms with Crippen molar-refractivity contribution in [2.75, 3.05) is 24.7 Å². The second kappa shape index (κ2) is 5.79. The van der Waals surface area contributed by atoms with Crippen molar-refractivity contribution in [1.29, 1.82) is 0 Å². The second-order valence-corrected chi connectivity index (χ2v) is 7.11. The number of aliphatic hydroxyl groups excluding tert-OH is 1. The van der Waals surface area contributed by atoms with Gasteiger partial charge in [0.15, 0.2) is 21.3 Å². The number of aliphatic hydroxyl groups is 1. The van der Waals surface area contributed by atoms with Gasteiger partial charge in [-0.15, -0.1) is 0 Å². The first-order chi connectivity index (χ1) is 9.02. The fourth-order valence-corrected chi connectivity index (χ4v) is 4.23. The van der Waals surface area contributed by atoms with Crippen molar-refractivity contribution in [3.05, 3.63) is 24.3 Å². The topological polar surface area (TPSA) is 83.8 Å². The van der Waals surface area contributed by atoms with Gasteiger partial charge in [-0.2, -0.15) is 0 Å². The number of sulfone groups is 1. The number of phenols is 1. The van der Waals surface area contributed by atoms with Gasteiger partial charge in [-0.1, -0.05) is 12.1 Å². The molecule has 1 aliphatic heterocycles. The lowest BCUT2D eigenvalue weighted by atomic mass is 9.93. The van der Waals surface area contributed by atoms with Crippen LogP contribution >= 0.6 is 0 Å². The summed E-state index contributed by atoms with van der Waals surface area (Å²) in [7, 11) is -2.96. The van der Waals surface area contributed by atoms with E-state index in [1.54, 1.807) is 18.2 Å². The molecule has 2 N–H and O–H groups in total. The van der Waals surface area contributed by atoms with Gasteiger partial charge in [-0.3, -0.25) is 0 Å². The van der Waals surface area contributed by atoms with Crippen LogP contribution in [0.15, 0.2) is 24.3 Å². The van der Waals surface area contributed by atoms with Crippen molar-refractivity contribution in [1.82, 2.24) is 0 Å². The third-order valence-corrected chi connectivity index (χ3v) is 5.28. The molecule has 1 fully saturated rings.